The van der Waals surface area contributed by atoms with Gasteiger partial charge in [0, 0.05) is 25.9 Å². The molecule has 0 radical (unpaired) electrons. The van der Waals surface area contributed by atoms with Crippen LogP contribution in [0, 0.1) is 0 Å². The van der Waals surface area contributed by atoms with Gasteiger partial charge in [0.2, 0.25) is 0 Å². The van der Waals surface area contributed by atoms with Crippen molar-refractivity contribution in [3.63, 3.8) is 0 Å². The van der Waals surface area contributed by atoms with Crippen LogP contribution in [-0.2, 0) is 9.47 Å². The molecule has 0 spiro atoms. The molecule has 0 heterocycles. The Bertz CT molecular complexity index is 332. The van der Waals surface area contributed by atoms with Gasteiger partial charge in [0.05, 0.1) is 7.11 Å². The third kappa shape index (κ3) is 4.97. The van der Waals surface area contributed by atoms with Crippen molar-refractivity contribution in [1.82, 2.24) is 0 Å². The smallest absolute Gasteiger partial charge is 0.188 e. The van der Waals surface area contributed by atoms with Crippen LogP contribution >= 0.6 is 0 Å². The number of carbonyl (C=O) groups is 1. The predicted molar refractivity (Wildman–Crippen MR) is 64.6 cm³/mol. The summed E-state index contributed by atoms with van der Waals surface area (Å²) < 4.78 is 15.1. The van der Waals surface area contributed by atoms with Gasteiger partial charge in [0.25, 0.3) is 0 Å². The van der Waals surface area contributed by atoms with E-state index in [2.05, 4.69) is 0 Å². The third-order valence-electron chi connectivity index (χ3n) is 2.28. The van der Waals surface area contributed by atoms with Crippen LogP contribution in [0.4, 0.5) is 0 Å². The molecule has 0 atom stereocenters. The van der Waals surface area contributed by atoms with Crippen molar-refractivity contribution >= 4 is 5.78 Å². The molecule has 0 aliphatic carbocycles. The lowest BCUT2D eigenvalue weighted by atomic mass is 10.1. The van der Waals surface area contributed by atoms with Gasteiger partial charge in [0.1, 0.15) is 12.4 Å². The SMILES string of the molecule is COCCCOCC(=O)c1ccc(OC)cc1. The van der Waals surface area contributed by atoms with Crippen LogP contribution in [0.2, 0.25) is 0 Å². The summed E-state index contributed by atoms with van der Waals surface area (Å²) >= 11 is 0. The largest absolute Gasteiger partial charge is 0.497 e. The molecule has 1 aromatic rings. The number of hydrogen-bond acceptors (Lipinski definition) is 4. The minimum atomic E-state index is -0.0231. The highest BCUT2D eigenvalue weighted by Crippen LogP contribution is 2.11. The van der Waals surface area contributed by atoms with Crippen LogP contribution in [0.1, 0.15) is 16.8 Å². The molecule has 1 rings (SSSR count). The van der Waals surface area contributed by atoms with E-state index < -0.39 is 0 Å². The summed E-state index contributed by atoms with van der Waals surface area (Å²) in [5.41, 5.74) is 0.637. The molecule has 0 bridgehead atoms. The molecule has 0 aliphatic heterocycles. The predicted octanol–water partition coefficient (Wildman–Crippen LogP) is 1.93. The highest BCUT2D eigenvalue weighted by Gasteiger charge is 2.05. The fourth-order valence-electron chi connectivity index (χ4n) is 1.33. The molecule has 17 heavy (non-hydrogen) atoms. The van der Waals surface area contributed by atoms with Crippen molar-refractivity contribution in [2.24, 2.45) is 0 Å². The molecule has 0 fully saturated rings. The highest BCUT2D eigenvalue weighted by atomic mass is 16.5. The Morgan fingerprint density at radius 2 is 1.82 bits per heavy atom. The van der Waals surface area contributed by atoms with Crippen molar-refractivity contribution < 1.29 is 19.0 Å². The number of benzene rings is 1. The van der Waals surface area contributed by atoms with Gasteiger partial charge in [-0.3, -0.25) is 4.79 Å². The molecule has 1 aromatic carbocycles. The van der Waals surface area contributed by atoms with Gasteiger partial charge in [-0.25, -0.2) is 0 Å². The summed E-state index contributed by atoms with van der Waals surface area (Å²) in [6.07, 6.45) is 0.798. The molecular weight excluding hydrogens is 220 g/mol. The van der Waals surface area contributed by atoms with E-state index in [0.717, 1.165) is 12.2 Å². The molecule has 0 unspecified atom stereocenters. The Kier molecular flexibility index (Phi) is 6.29. The van der Waals surface area contributed by atoms with E-state index >= 15 is 0 Å². The van der Waals surface area contributed by atoms with E-state index in [1.54, 1.807) is 38.5 Å². The Labute approximate surface area is 101 Å². The van der Waals surface area contributed by atoms with Crippen LogP contribution in [0.3, 0.4) is 0 Å². The van der Waals surface area contributed by atoms with E-state index in [9.17, 15) is 4.79 Å². The zero-order valence-corrected chi connectivity index (χ0v) is 10.3. The zero-order chi connectivity index (χ0) is 12.5. The van der Waals surface area contributed by atoms with Crippen molar-refractivity contribution in [2.45, 2.75) is 6.42 Å². The molecule has 94 valence electrons. The lowest BCUT2D eigenvalue weighted by Gasteiger charge is -2.04. The summed E-state index contributed by atoms with van der Waals surface area (Å²) in [6.45, 7) is 1.29. The van der Waals surface area contributed by atoms with E-state index in [1.165, 1.54) is 0 Å². The number of rotatable bonds is 8. The Morgan fingerprint density at radius 3 is 2.41 bits per heavy atom. The lowest BCUT2D eigenvalue weighted by molar-refractivity contribution is 0.0705. The van der Waals surface area contributed by atoms with Gasteiger partial charge < -0.3 is 14.2 Å². The summed E-state index contributed by atoms with van der Waals surface area (Å²) in [5.74, 6) is 0.715. The molecule has 0 amide bonds. The van der Waals surface area contributed by atoms with Crippen LogP contribution in [0.25, 0.3) is 0 Å². The Hall–Kier alpha value is -1.39. The lowest BCUT2D eigenvalue weighted by Crippen LogP contribution is -2.10. The maximum absolute atomic E-state index is 11.7. The molecular formula is C13H18O4. The van der Waals surface area contributed by atoms with E-state index in [0.29, 0.717) is 18.8 Å². The highest BCUT2D eigenvalue weighted by molar-refractivity contribution is 5.97. The topological polar surface area (TPSA) is 44.8 Å². The van der Waals surface area contributed by atoms with Crippen LogP contribution < -0.4 is 4.74 Å². The second-order valence-corrected chi connectivity index (χ2v) is 3.55. The van der Waals surface area contributed by atoms with E-state index in [1.807, 2.05) is 0 Å². The average molecular weight is 238 g/mol. The maximum atomic E-state index is 11.7. The number of ether oxygens (including phenoxy) is 3. The molecule has 4 heteroatoms. The number of Topliss-reactive ketones (excluding diaryl/α,β-unsaturated/α-hetero) is 1. The van der Waals surface area contributed by atoms with E-state index in [4.69, 9.17) is 14.2 Å². The zero-order valence-electron chi connectivity index (χ0n) is 10.3. The normalized spacial score (nSPS) is 10.2. The third-order valence-corrected chi connectivity index (χ3v) is 2.28. The summed E-state index contributed by atoms with van der Waals surface area (Å²) in [6, 6.07) is 7.00. The van der Waals surface area contributed by atoms with Crippen molar-refractivity contribution in [3.8, 4) is 5.75 Å². The fourth-order valence-corrected chi connectivity index (χ4v) is 1.33. The summed E-state index contributed by atoms with van der Waals surface area (Å²) in [4.78, 5) is 11.7. The van der Waals surface area contributed by atoms with Gasteiger partial charge in [0.15, 0.2) is 5.78 Å². The fraction of sp³-hybridized carbons (Fsp3) is 0.462. The van der Waals surface area contributed by atoms with Crippen molar-refractivity contribution in [3.05, 3.63) is 29.8 Å². The van der Waals surface area contributed by atoms with Crippen LogP contribution in [0.5, 0.6) is 5.75 Å². The first-order valence-corrected chi connectivity index (χ1v) is 5.52. The van der Waals surface area contributed by atoms with Gasteiger partial charge >= 0.3 is 0 Å². The quantitative estimate of drug-likeness (QED) is 0.513. The average Bonchev–Trinajstić information content (AvgIpc) is 2.38. The van der Waals surface area contributed by atoms with Crippen LogP contribution in [-0.4, -0.2) is 39.8 Å². The maximum Gasteiger partial charge on any atom is 0.188 e. The van der Waals surface area contributed by atoms with E-state index in [-0.39, 0.29) is 12.4 Å². The second kappa shape index (κ2) is 7.81. The molecule has 0 saturated heterocycles. The van der Waals surface area contributed by atoms with Crippen molar-refractivity contribution in [1.29, 1.82) is 0 Å². The first-order chi connectivity index (χ1) is 8.27. The Morgan fingerprint density at radius 1 is 1.12 bits per heavy atom. The summed E-state index contributed by atoms with van der Waals surface area (Å²) in [7, 11) is 3.23. The molecule has 4 nitrogen and oxygen atoms in total. The monoisotopic (exact) mass is 238 g/mol. The number of ketones is 1. The minimum Gasteiger partial charge on any atom is -0.497 e. The summed E-state index contributed by atoms with van der Waals surface area (Å²) in [5, 5.41) is 0. The first-order valence-electron chi connectivity index (χ1n) is 5.52. The van der Waals surface area contributed by atoms with Gasteiger partial charge in [-0.05, 0) is 30.7 Å². The standard InChI is InChI=1S/C13H18O4/c1-15-8-3-9-17-10-13(14)11-4-6-12(16-2)7-5-11/h4-7H,3,8-10H2,1-2H3. The molecule has 0 N–H and O–H groups in total. The van der Waals surface area contributed by atoms with Gasteiger partial charge in [-0.1, -0.05) is 0 Å². The molecule has 0 aliphatic rings. The first kappa shape index (κ1) is 13.7. The van der Waals surface area contributed by atoms with Gasteiger partial charge in [-0.15, -0.1) is 0 Å². The second-order valence-electron chi connectivity index (χ2n) is 3.55. The van der Waals surface area contributed by atoms with Crippen LogP contribution in [0.15, 0.2) is 24.3 Å². The Balaban J connectivity index is 2.31. The minimum absolute atomic E-state index is 0.0231. The molecule has 0 aromatic heterocycles. The number of methoxy groups -OCH3 is 2. The number of carbonyl (C=O) groups excluding carboxylic acids is 1. The van der Waals surface area contributed by atoms with Gasteiger partial charge in [-0.2, -0.15) is 0 Å². The van der Waals surface area contributed by atoms with Crippen molar-refractivity contribution in [2.75, 3.05) is 34.0 Å². The number of hydrogen-bond donors (Lipinski definition) is 0. The molecule has 0 saturated carbocycles.